The topological polar surface area (TPSA) is 64.8 Å². The highest BCUT2D eigenvalue weighted by atomic mass is 33.1. The number of carbonyl (C=O) groups excluding carboxylic acids is 1. The summed E-state index contributed by atoms with van der Waals surface area (Å²) in [5, 5.41) is 0.295. The van der Waals surface area contributed by atoms with E-state index in [4.69, 9.17) is 10.5 Å². The smallest absolute Gasteiger partial charge is 0.379 e. The molecular weight excluding hydrogens is 224 g/mol. The zero-order chi connectivity index (χ0) is 10.4. The van der Waals surface area contributed by atoms with Gasteiger partial charge in [-0.1, -0.05) is 0 Å². The molecular formula is C7H14N2O3S2. The highest BCUT2D eigenvalue weighted by Crippen LogP contribution is 2.29. The number of rotatable bonds is 4. The highest BCUT2D eigenvalue weighted by molar-refractivity contribution is 8.75. The number of hydrogen-bond donors (Lipinski definition) is 1. The van der Waals surface area contributed by atoms with Crippen LogP contribution in [0, 0.1) is 0 Å². The van der Waals surface area contributed by atoms with Gasteiger partial charge in [-0.25, -0.2) is 4.79 Å². The van der Waals surface area contributed by atoms with Gasteiger partial charge < -0.3 is 14.7 Å². The molecule has 1 unspecified atom stereocenters. The number of nitrogens with two attached hydrogens (primary N) is 1. The molecule has 0 radical (unpaired) electrons. The fraction of sp³-hybridized carbons (Fsp3) is 0.857. The molecule has 1 heterocycles. The quantitative estimate of drug-likeness (QED) is 0.583. The third kappa shape index (κ3) is 4.41. The molecule has 0 aromatic heterocycles. The van der Waals surface area contributed by atoms with Crippen molar-refractivity contribution in [1.29, 1.82) is 0 Å². The first-order valence-corrected chi connectivity index (χ1v) is 6.45. The van der Waals surface area contributed by atoms with Crippen LogP contribution in [0.1, 0.15) is 6.92 Å². The van der Waals surface area contributed by atoms with E-state index < -0.39 is 6.09 Å². The Morgan fingerprint density at radius 1 is 1.57 bits per heavy atom. The van der Waals surface area contributed by atoms with Crippen molar-refractivity contribution in [2.75, 3.05) is 26.3 Å². The van der Waals surface area contributed by atoms with Gasteiger partial charge in [-0.3, -0.25) is 4.90 Å². The van der Waals surface area contributed by atoms with Gasteiger partial charge in [0.1, 0.15) is 11.1 Å². The number of amides is 1. The van der Waals surface area contributed by atoms with Crippen LogP contribution in [-0.4, -0.2) is 42.7 Å². The van der Waals surface area contributed by atoms with Gasteiger partial charge in [-0.15, -0.1) is 0 Å². The molecule has 1 rings (SSSR count). The highest BCUT2D eigenvalue weighted by Gasteiger charge is 2.18. The van der Waals surface area contributed by atoms with Gasteiger partial charge in [-0.05, 0) is 17.7 Å². The predicted molar refractivity (Wildman–Crippen MR) is 57.7 cm³/mol. The fourth-order valence-corrected chi connectivity index (χ4v) is 2.69. The third-order valence-corrected chi connectivity index (χ3v) is 4.02. The molecule has 0 aliphatic carbocycles. The van der Waals surface area contributed by atoms with Gasteiger partial charge >= 0.3 is 6.09 Å². The van der Waals surface area contributed by atoms with Crippen LogP contribution in [0.15, 0.2) is 0 Å². The Morgan fingerprint density at radius 2 is 2.21 bits per heavy atom. The SMILES string of the molecule is CC(SSOC(N)=O)N1CCOCC1. The number of morpholine rings is 1. The van der Waals surface area contributed by atoms with E-state index in [9.17, 15) is 4.79 Å². The van der Waals surface area contributed by atoms with E-state index in [1.165, 1.54) is 10.8 Å². The molecule has 1 amide bonds. The number of hydrogen-bond acceptors (Lipinski definition) is 6. The summed E-state index contributed by atoms with van der Waals surface area (Å²) in [6.07, 6.45) is -0.753. The van der Waals surface area contributed by atoms with E-state index in [1.54, 1.807) is 0 Å². The second-order valence-electron chi connectivity index (χ2n) is 2.81. The predicted octanol–water partition coefficient (Wildman–Crippen LogP) is 1.06. The van der Waals surface area contributed by atoms with Crippen LogP contribution in [0.2, 0.25) is 0 Å². The van der Waals surface area contributed by atoms with Crippen molar-refractivity contribution in [2.45, 2.75) is 12.3 Å². The lowest BCUT2D eigenvalue weighted by molar-refractivity contribution is 0.0353. The Morgan fingerprint density at radius 3 is 2.79 bits per heavy atom. The van der Waals surface area contributed by atoms with Gasteiger partial charge in [-0.2, -0.15) is 0 Å². The summed E-state index contributed by atoms with van der Waals surface area (Å²) >= 11 is 1.02. The molecule has 1 atom stereocenters. The normalized spacial score (nSPS) is 20.4. The Labute approximate surface area is 91.3 Å². The van der Waals surface area contributed by atoms with Crippen molar-refractivity contribution in [3.8, 4) is 0 Å². The van der Waals surface area contributed by atoms with Crippen LogP contribution in [0.4, 0.5) is 4.79 Å². The van der Waals surface area contributed by atoms with Crippen LogP contribution < -0.4 is 5.73 Å². The molecule has 1 fully saturated rings. The average Bonchev–Trinajstić information content (AvgIpc) is 2.18. The molecule has 1 aliphatic rings. The first-order chi connectivity index (χ1) is 6.70. The van der Waals surface area contributed by atoms with Gasteiger partial charge in [0.2, 0.25) is 0 Å². The Hall–Kier alpha value is -0.110. The van der Waals surface area contributed by atoms with Crippen LogP contribution in [0.3, 0.4) is 0 Å². The Balaban J connectivity index is 2.13. The van der Waals surface area contributed by atoms with Crippen LogP contribution >= 0.6 is 21.9 Å². The lowest BCUT2D eigenvalue weighted by atomic mass is 10.4. The minimum absolute atomic E-state index is 0.295. The van der Waals surface area contributed by atoms with E-state index >= 15 is 0 Å². The lowest BCUT2D eigenvalue weighted by Gasteiger charge is -2.30. The maximum atomic E-state index is 10.3. The summed E-state index contributed by atoms with van der Waals surface area (Å²) in [6, 6.07) is 0. The zero-order valence-electron chi connectivity index (χ0n) is 7.97. The lowest BCUT2D eigenvalue weighted by Crippen LogP contribution is -2.40. The molecule has 7 heteroatoms. The van der Waals surface area contributed by atoms with Crippen molar-refractivity contribution in [3.05, 3.63) is 0 Å². The van der Waals surface area contributed by atoms with Crippen LogP contribution in [-0.2, 0) is 8.92 Å². The molecule has 1 saturated heterocycles. The van der Waals surface area contributed by atoms with E-state index in [1.807, 2.05) is 0 Å². The molecule has 2 N–H and O–H groups in total. The Bertz CT molecular complexity index is 188. The molecule has 0 aromatic carbocycles. The summed E-state index contributed by atoms with van der Waals surface area (Å²) in [7, 11) is 1.48. The molecule has 0 bridgehead atoms. The zero-order valence-corrected chi connectivity index (χ0v) is 9.60. The van der Waals surface area contributed by atoms with E-state index in [0.717, 1.165) is 37.4 Å². The monoisotopic (exact) mass is 238 g/mol. The number of primary amides is 1. The van der Waals surface area contributed by atoms with Gasteiger partial charge in [0.25, 0.3) is 0 Å². The van der Waals surface area contributed by atoms with E-state index in [2.05, 4.69) is 16.0 Å². The summed E-state index contributed by atoms with van der Waals surface area (Å²) in [6.45, 7) is 5.45. The first-order valence-electron chi connectivity index (χ1n) is 4.31. The van der Waals surface area contributed by atoms with Crippen molar-refractivity contribution < 1.29 is 13.7 Å². The Kier molecular flexibility index (Phi) is 5.46. The summed E-state index contributed by atoms with van der Waals surface area (Å²) < 4.78 is 9.79. The van der Waals surface area contributed by atoms with Gasteiger partial charge in [0.15, 0.2) is 0 Å². The molecule has 0 saturated carbocycles. The molecule has 1 aliphatic heterocycles. The average molecular weight is 238 g/mol. The van der Waals surface area contributed by atoms with E-state index in [-0.39, 0.29) is 0 Å². The molecule has 5 nitrogen and oxygen atoms in total. The van der Waals surface area contributed by atoms with E-state index in [0.29, 0.717) is 5.37 Å². The van der Waals surface area contributed by atoms with Gasteiger partial charge in [0, 0.05) is 13.1 Å². The molecule has 14 heavy (non-hydrogen) atoms. The maximum absolute atomic E-state index is 10.3. The van der Waals surface area contributed by atoms with Crippen molar-refractivity contribution >= 4 is 28.0 Å². The number of ether oxygens (including phenoxy) is 1. The minimum Gasteiger partial charge on any atom is -0.379 e. The van der Waals surface area contributed by atoms with Crippen LogP contribution in [0.5, 0.6) is 0 Å². The summed E-state index contributed by atoms with van der Waals surface area (Å²) in [4.78, 5) is 12.6. The summed E-state index contributed by atoms with van der Waals surface area (Å²) in [5.41, 5.74) is 4.83. The maximum Gasteiger partial charge on any atom is 0.417 e. The number of nitrogens with zero attached hydrogens (tertiary/aromatic N) is 1. The third-order valence-electron chi connectivity index (χ3n) is 1.85. The molecule has 82 valence electrons. The fourth-order valence-electron chi connectivity index (χ4n) is 1.11. The standard InChI is InChI=1S/C7H14N2O3S2/c1-6(13-14-12-7(8)10)9-2-4-11-5-3-9/h6H,2-5H2,1H3,(H2,8,10). The number of carbonyl (C=O) groups is 1. The van der Waals surface area contributed by atoms with Crippen molar-refractivity contribution in [1.82, 2.24) is 4.90 Å². The second kappa shape index (κ2) is 6.39. The second-order valence-corrected chi connectivity index (χ2v) is 4.98. The molecule has 0 aromatic rings. The van der Waals surface area contributed by atoms with Crippen LogP contribution in [0.25, 0.3) is 0 Å². The van der Waals surface area contributed by atoms with Crippen molar-refractivity contribution in [2.24, 2.45) is 5.73 Å². The first kappa shape index (κ1) is 12.0. The largest absolute Gasteiger partial charge is 0.417 e. The molecule has 0 spiro atoms. The minimum atomic E-state index is -0.753. The van der Waals surface area contributed by atoms with Gasteiger partial charge in [0.05, 0.1) is 18.6 Å². The summed E-state index contributed by atoms with van der Waals surface area (Å²) in [5.74, 6) is 0. The van der Waals surface area contributed by atoms with Crippen molar-refractivity contribution in [3.63, 3.8) is 0 Å².